The Morgan fingerprint density at radius 3 is 3.05 bits per heavy atom. The van der Waals surface area contributed by atoms with E-state index in [4.69, 9.17) is 0 Å². The molecular formula is C13H9IN4O. The molecule has 0 aliphatic heterocycles. The van der Waals surface area contributed by atoms with Gasteiger partial charge in [-0.1, -0.05) is 12.1 Å². The van der Waals surface area contributed by atoms with Gasteiger partial charge in [0, 0.05) is 28.9 Å². The SMILES string of the molecule is O=c1[nH]cnc(Nc2cccc3cnccc23)c1I. The summed E-state index contributed by atoms with van der Waals surface area (Å²) in [5, 5.41) is 5.26. The van der Waals surface area contributed by atoms with E-state index < -0.39 is 0 Å². The van der Waals surface area contributed by atoms with Gasteiger partial charge in [0.15, 0.2) is 5.82 Å². The summed E-state index contributed by atoms with van der Waals surface area (Å²) in [6.45, 7) is 0. The topological polar surface area (TPSA) is 70.7 Å². The number of aromatic nitrogens is 3. The maximum absolute atomic E-state index is 11.5. The highest BCUT2D eigenvalue weighted by molar-refractivity contribution is 14.1. The van der Waals surface area contributed by atoms with Crippen molar-refractivity contribution < 1.29 is 0 Å². The van der Waals surface area contributed by atoms with Crippen LogP contribution in [-0.4, -0.2) is 15.0 Å². The van der Waals surface area contributed by atoms with Gasteiger partial charge in [-0.2, -0.15) is 0 Å². The Balaban J connectivity index is 2.11. The highest BCUT2D eigenvalue weighted by atomic mass is 127. The summed E-state index contributed by atoms with van der Waals surface area (Å²) in [7, 11) is 0. The smallest absolute Gasteiger partial charge is 0.266 e. The van der Waals surface area contributed by atoms with Gasteiger partial charge in [-0.15, -0.1) is 0 Å². The third kappa shape index (κ3) is 2.30. The van der Waals surface area contributed by atoms with E-state index in [-0.39, 0.29) is 5.56 Å². The van der Waals surface area contributed by atoms with Crippen LogP contribution in [0.4, 0.5) is 11.5 Å². The molecular weight excluding hydrogens is 355 g/mol. The molecule has 0 amide bonds. The summed E-state index contributed by atoms with van der Waals surface area (Å²) in [4.78, 5) is 22.3. The molecule has 0 saturated heterocycles. The number of rotatable bonds is 2. The summed E-state index contributed by atoms with van der Waals surface area (Å²) in [6, 6.07) is 7.80. The van der Waals surface area contributed by atoms with E-state index in [1.165, 1.54) is 6.33 Å². The van der Waals surface area contributed by atoms with E-state index in [1.807, 2.05) is 46.9 Å². The normalized spacial score (nSPS) is 10.6. The predicted molar refractivity (Wildman–Crippen MR) is 82.6 cm³/mol. The van der Waals surface area contributed by atoms with E-state index in [2.05, 4.69) is 20.3 Å². The molecule has 0 fully saturated rings. The first-order valence-electron chi connectivity index (χ1n) is 5.58. The lowest BCUT2D eigenvalue weighted by Crippen LogP contribution is -2.12. The van der Waals surface area contributed by atoms with Crippen LogP contribution in [0, 0.1) is 3.57 Å². The molecule has 0 saturated carbocycles. The van der Waals surface area contributed by atoms with Crippen molar-refractivity contribution in [2.75, 3.05) is 5.32 Å². The molecule has 6 heteroatoms. The van der Waals surface area contributed by atoms with Crippen LogP contribution >= 0.6 is 22.6 Å². The molecule has 3 rings (SSSR count). The van der Waals surface area contributed by atoms with Crippen LogP contribution < -0.4 is 10.9 Å². The first-order valence-corrected chi connectivity index (χ1v) is 6.66. The monoisotopic (exact) mass is 364 g/mol. The van der Waals surface area contributed by atoms with Crippen LogP contribution in [-0.2, 0) is 0 Å². The molecule has 2 N–H and O–H groups in total. The molecule has 3 aromatic rings. The first kappa shape index (κ1) is 12.1. The summed E-state index contributed by atoms with van der Waals surface area (Å²) in [6.07, 6.45) is 4.93. The molecule has 0 bridgehead atoms. The number of anilines is 2. The molecule has 19 heavy (non-hydrogen) atoms. The molecule has 2 heterocycles. The number of nitrogens with one attached hydrogen (secondary N) is 2. The van der Waals surface area contributed by atoms with Crippen LogP contribution in [0.2, 0.25) is 0 Å². The molecule has 0 aliphatic carbocycles. The van der Waals surface area contributed by atoms with E-state index in [9.17, 15) is 4.79 Å². The van der Waals surface area contributed by atoms with Crippen LogP contribution in [0.5, 0.6) is 0 Å². The average molecular weight is 364 g/mol. The Bertz CT molecular complexity index is 795. The van der Waals surface area contributed by atoms with Crippen molar-refractivity contribution in [1.82, 2.24) is 15.0 Å². The van der Waals surface area contributed by atoms with E-state index >= 15 is 0 Å². The molecule has 0 aliphatic rings. The molecule has 0 radical (unpaired) electrons. The number of nitrogens with zero attached hydrogens (tertiary/aromatic N) is 2. The zero-order chi connectivity index (χ0) is 13.2. The van der Waals surface area contributed by atoms with Crippen molar-refractivity contribution in [3.63, 3.8) is 0 Å². The van der Waals surface area contributed by atoms with Gasteiger partial charge in [0.2, 0.25) is 0 Å². The summed E-state index contributed by atoms with van der Waals surface area (Å²) in [5.41, 5.74) is 0.746. The van der Waals surface area contributed by atoms with Crippen LogP contribution in [0.3, 0.4) is 0 Å². The fourth-order valence-corrected chi connectivity index (χ4v) is 2.26. The third-order valence-electron chi connectivity index (χ3n) is 2.73. The number of hydrogen-bond donors (Lipinski definition) is 2. The molecule has 1 aromatic carbocycles. The van der Waals surface area contributed by atoms with Gasteiger partial charge >= 0.3 is 0 Å². The number of halogens is 1. The molecule has 94 valence electrons. The van der Waals surface area contributed by atoms with Gasteiger partial charge in [0.25, 0.3) is 5.56 Å². The Morgan fingerprint density at radius 1 is 1.26 bits per heavy atom. The minimum absolute atomic E-state index is 0.153. The Morgan fingerprint density at radius 2 is 2.16 bits per heavy atom. The Kier molecular flexibility index (Phi) is 3.16. The van der Waals surface area contributed by atoms with Gasteiger partial charge in [0.1, 0.15) is 3.57 Å². The quantitative estimate of drug-likeness (QED) is 0.686. The zero-order valence-electron chi connectivity index (χ0n) is 9.72. The predicted octanol–water partition coefficient (Wildman–Crippen LogP) is 2.67. The van der Waals surface area contributed by atoms with E-state index in [0.29, 0.717) is 9.39 Å². The number of pyridine rings is 1. The zero-order valence-corrected chi connectivity index (χ0v) is 11.9. The molecule has 0 unspecified atom stereocenters. The standard InChI is InChI=1S/C13H9IN4O/c14-11-12(16-7-17-13(11)19)18-10-3-1-2-8-6-15-5-4-9(8)10/h1-7H,(H2,16,17,18,19). The Labute approximate surface area is 122 Å². The van der Waals surface area contributed by atoms with Crippen molar-refractivity contribution in [3.8, 4) is 0 Å². The minimum Gasteiger partial charge on any atom is -0.339 e. The number of hydrogen-bond acceptors (Lipinski definition) is 4. The second-order valence-electron chi connectivity index (χ2n) is 3.92. The maximum atomic E-state index is 11.5. The van der Waals surface area contributed by atoms with Crippen LogP contribution in [0.15, 0.2) is 47.8 Å². The molecule has 2 aromatic heterocycles. The first-order chi connectivity index (χ1) is 9.25. The fraction of sp³-hybridized carbons (Fsp3) is 0. The summed E-state index contributed by atoms with van der Waals surface area (Å²) in [5.74, 6) is 0.550. The number of fused-ring (bicyclic) bond motifs is 1. The van der Waals surface area contributed by atoms with Crippen molar-refractivity contribution >= 4 is 44.9 Å². The largest absolute Gasteiger partial charge is 0.339 e. The summed E-state index contributed by atoms with van der Waals surface area (Å²) >= 11 is 1.97. The lowest BCUT2D eigenvalue weighted by atomic mass is 10.1. The van der Waals surface area contributed by atoms with Gasteiger partial charge in [-0.3, -0.25) is 9.78 Å². The lowest BCUT2D eigenvalue weighted by Gasteiger charge is -2.09. The minimum atomic E-state index is -0.153. The van der Waals surface area contributed by atoms with E-state index in [1.54, 1.807) is 12.4 Å². The van der Waals surface area contributed by atoms with Crippen molar-refractivity contribution in [1.29, 1.82) is 0 Å². The van der Waals surface area contributed by atoms with Crippen LogP contribution in [0.1, 0.15) is 0 Å². The lowest BCUT2D eigenvalue weighted by molar-refractivity contribution is 1.10. The molecule has 5 nitrogen and oxygen atoms in total. The van der Waals surface area contributed by atoms with Crippen molar-refractivity contribution in [2.45, 2.75) is 0 Å². The van der Waals surface area contributed by atoms with Gasteiger partial charge < -0.3 is 10.3 Å². The molecule has 0 atom stereocenters. The average Bonchev–Trinajstić information content (AvgIpc) is 2.44. The third-order valence-corrected chi connectivity index (χ3v) is 3.73. The van der Waals surface area contributed by atoms with Gasteiger partial charge in [-0.05, 0) is 34.7 Å². The van der Waals surface area contributed by atoms with Gasteiger partial charge in [-0.25, -0.2) is 4.98 Å². The Hall–Kier alpha value is -1.96. The highest BCUT2D eigenvalue weighted by Crippen LogP contribution is 2.25. The maximum Gasteiger partial charge on any atom is 0.266 e. The highest BCUT2D eigenvalue weighted by Gasteiger charge is 2.07. The fourth-order valence-electron chi connectivity index (χ4n) is 1.83. The number of H-pyrrole nitrogens is 1. The number of aromatic amines is 1. The second kappa shape index (κ2) is 4.96. The van der Waals surface area contributed by atoms with Crippen molar-refractivity contribution in [3.05, 3.63) is 56.9 Å². The van der Waals surface area contributed by atoms with Crippen LogP contribution in [0.25, 0.3) is 10.8 Å². The number of benzene rings is 1. The van der Waals surface area contributed by atoms with Gasteiger partial charge in [0.05, 0.1) is 6.33 Å². The van der Waals surface area contributed by atoms with E-state index in [0.717, 1.165) is 16.5 Å². The van der Waals surface area contributed by atoms with Crippen molar-refractivity contribution in [2.24, 2.45) is 0 Å². The second-order valence-corrected chi connectivity index (χ2v) is 5.00. The molecule has 0 spiro atoms. The summed E-state index contributed by atoms with van der Waals surface area (Å²) < 4.78 is 0.533.